The van der Waals surface area contributed by atoms with Gasteiger partial charge in [0.05, 0.1) is 13.2 Å². The summed E-state index contributed by atoms with van der Waals surface area (Å²) in [4.78, 5) is 0. The number of hydrogen-bond donors (Lipinski definition) is 1. The van der Waals surface area contributed by atoms with Crippen molar-refractivity contribution in [3.63, 3.8) is 0 Å². The van der Waals surface area contributed by atoms with Crippen molar-refractivity contribution >= 4 is 0 Å². The van der Waals surface area contributed by atoms with E-state index in [9.17, 15) is 0 Å². The average molecular weight is 291 g/mol. The molecule has 2 rings (SSSR count). The highest BCUT2D eigenvalue weighted by Gasteiger charge is 2.18. The molecule has 2 atom stereocenters. The van der Waals surface area contributed by atoms with E-state index in [0.29, 0.717) is 12.0 Å². The number of methoxy groups -OCH3 is 1. The first-order valence-electron chi connectivity index (χ1n) is 8.27. The molecule has 118 valence electrons. The van der Waals surface area contributed by atoms with Crippen LogP contribution in [0.4, 0.5) is 0 Å². The summed E-state index contributed by atoms with van der Waals surface area (Å²) in [6.45, 7) is 5.25. The van der Waals surface area contributed by atoms with E-state index in [1.165, 1.54) is 31.2 Å². The van der Waals surface area contributed by atoms with Gasteiger partial charge in [0.2, 0.25) is 0 Å². The van der Waals surface area contributed by atoms with Crippen LogP contribution in [0.15, 0.2) is 24.3 Å². The van der Waals surface area contributed by atoms with Gasteiger partial charge in [0.15, 0.2) is 0 Å². The summed E-state index contributed by atoms with van der Waals surface area (Å²) in [5, 5.41) is 3.50. The lowest BCUT2D eigenvalue weighted by Gasteiger charge is -2.19. The molecule has 3 nitrogen and oxygen atoms in total. The summed E-state index contributed by atoms with van der Waals surface area (Å²) >= 11 is 0. The zero-order valence-corrected chi connectivity index (χ0v) is 13.4. The molecule has 0 bridgehead atoms. The summed E-state index contributed by atoms with van der Waals surface area (Å²) in [7, 11) is 1.73. The minimum Gasteiger partial charge on any atom is -0.497 e. The maximum atomic E-state index is 5.75. The van der Waals surface area contributed by atoms with Gasteiger partial charge in [-0.15, -0.1) is 0 Å². The molecule has 2 unspecified atom stereocenters. The van der Waals surface area contributed by atoms with E-state index < -0.39 is 0 Å². The third-order valence-corrected chi connectivity index (χ3v) is 4.26. The van der Waals surface area contributed by atoms with E-state index >= 15 is 0 Å². The molecule has 0 saturated carbocycles. The number of benzene rings is 1. The quantitative estimate of drug-likeness (QED) is 0.756. The van der Waals surface area contributed by atoms with Crippen molar-refractivity contribution in [1.29, 1.82) is 0 Å². The highest BCUT2D eigenvalue weighted by atomic mass is 16.5. The second-order valence-corrected chi connectivity index (χ2v) is 5.94. The molecule has 0 aliphatic carbocycles. The summed E-state index contributed by atoms with van der Waals surface area (Å²) in [5.41, 5.74) is 1.37. The number of hydrogen-bond acceptors (Lipinski definition) is 3. The van der Waals surface area contributed by atoms with E-state index in [1.807, 2.05) is 6.07 Å². The zero-order chi connectivity index (χ0) is 14.9. The molecule has 21 heavy (non-hydrogen) atoms. The number of rotatable bonds is 9. The molecule has 0 radical (unpaired) electrons. The highest BCUT2D eigenvalue weighted by Crippen LogP contribution is 2.23. The van der Waals surface area contributed by atoms with E-state index in [1.54, 1.807) is 7.11 Å². The van der Waals surface area contributed by atoms with Gasteiger partial charge in [-0.3, -0.25) is 0 Å². The Bertz CT molecular complexity index is 402. The Morgan fingerprint density at radius 2 is 2.33 bits per heavy atom. The van der Waals surface area contributed by atoms with Crippen molar-refractivity contribution in [2.75, 3.05) is 26.8 Å². The van der Waals surface area contributed by atoms with Crippen molar-refractivity contribution in [2.45, 2.75) is 45.1 Å². The fourth-order valence-electron chi connectivity index (χ4n) is 3.05. The minimum atomic E-state index is 0.499. The summed E-state index contributed by atoms with van der Waals surface area (Å²) in [6, 6.07) is 8.45. The normalized spacial score (nSPS) is 19.6. The predicted octanol–water partition coefficient (Wildman–Crippen LogP) is 3.42. The van der Waals surface area contributed by atoms with Crippen molar-refractivity contribution in [3.8, 4) is 5.75 Å². The van der Waals surface area contributed by atoms with Crippen LogP contribution >= 0.6 is 0 Å². The standard InChI is InChI=1S/C18H29NO2/c1-3-19-14-16(9-10-17-8-5-11-21-17)12-15-6-4-7-18(13-15)20-2/h4,6-7,13,16-17,19H,3,5,8-12,14H2,1-2H3. The van der Waals surface area contributed by atoms with Gasteiger partial charge in [-0.25, -0.2) is 0 Å². The van der Waals surface area contributed by atoms with Gasteiger partial charge in [-0.05, 0) is 68.8 Å². The van der Waals surface area contributed by atoms with Crippen LogP contribution in [0.1, 0.15) is 38.2 Å². The van der Waals surface area contributed by atoms with Crippen LogP contribution in [0.25, 0.3) is 0 Å². The first-order chi connectivity index (χ1) is 10.3. The van der Waals surface area contributed by atoms with Crippen molar-refractivity contribution in [3.05, 3.63) is 29.8 Å². The SMILES string of the molecule is CCNCC(CCC1CCCO1)Cc1cccc(OC)c1. The van der Waals surface area contributed by atoms with Crippen LogP contribution in [0, 0.1) is 5.92 Å². The molecule has 1 saturated heterocycles. The van der Waals surface area contributed by atoms with Gasteiger partial charge in [0, 0.05) is 6.61 Å². The topological polar surface area (TPSA) is 30.5 Å². The lowest BCUT2D eigenvalue weighted by Crippen LogP contribution is -2.25. The second-order valence-electron chi connectivity index (χ2n) is 5.94. The van der Waals surface area contributed by atoms with E-state index in [2.05, 4.69) is 30.4 Å². The maximum Gasteiger partial charge on any atom is 0.119 e. The van der Waals surface area contributed by atoms with E-state index in [4.69, 9.17) is 9.47 Å². The van der Waals surface area contributed by atoms with Gasteiger partial charge in [0.25, 0.3) is 0 Å². The van der Waals surface area contributed by atoms with Crippen LogP contribution in [0.3, 0.4) is 0 Å². The van der Waals surface area contributed by atoms with Crippen LogP contribution in [-0.2, 0) is 11.2 Å². The largest absolute Gasteiger partial charge is 0.497 e. The maximum absolute atomic E-state index is 5.75. The van der Waals surface area contributed by atoms with Gasteiger partial charge >= 0.3 is 0 Å². The molecule has 1 heterocycles. The molecule has 1 fully saturated rings. The van der Waals surface area contributed by atoms with Crippen molar-refractivity contribution < 1.29 is 9.47 Å². The lowest BCUT2D eigenvalue weighted by atomic mass is 9.92. The third kappa shape index (κ3) is 5.68. The molecule has 1 aromatic rings. The average Bonchev–Trinajstić information content (AvgIpc) is 3.03. The number of nitrogens with one attached hydrogen (secondary N) is 1. The third-order valence-electron chi connectivity index (χ3n) is 4.26. The molecule has 0 spiro atoms. The Hall–Kier alpha value is -1.06. The van der Waals surface area contributed by atoms with Gasteiger partial charge in [-0.2, -0.15) is 0 Å². The van der Waals surface area contributed by atoms with Gasteiger partial charge in [-0.1, -0.05) is 19.1 Å². The monoisotopic (exact) mass is 291 g/mol. The predicted molar refractivity (Wildman–Crippen MR) is 86.9 cm³/mol. The Morgan fingerprint density at radius 1 is 1.43 bits per heavy atom. The molecule has 1 N–H and O–H groups in total. The fourth-order valence-corrected chi connectivity index (χ4v) is 3.05. The molecule has 0 amide bonds. The summed E-state index contributed by atoms with van der Waals surface area (Å²) < 4.78 is 11.1. The van der Waals surface area contributed by atoms with Crippen molar-refractivity contribution in [1.82, 2.24) is 5.32 Å². The molecular formula is C18H29NO2. The molecule has 1 aliphatic heterocycles. The highest BCUT2D eigenvalue weighted by molar-refractivity contribution is 5.28. The van der Waals surface area contributed by atoms with Crippen molar-refractivity contribution in [2.24, 2.45) is 5.92 Å². The van der Waals surface area contributed by atoms with Gasteiger partial charge < -0.3 is 14.8 Å². The van der Waals surface area contributed by atoms with E-state index in [-0.39, 0.29) is 0 Å². The molecule has 3 heteroatoms. The van der Waals surface area contributed by atoms with E-state index in [0.717, 1.165) is 31.9 Å². The Labute approximate surface area is 129 Å². The van der Waals surface area contributed by atoms with Crippen LogP contribution < -0.4 is 10.1 Å². The summed E-state index contributed by atoms with van der Waals surface area (Å²) in [5.74, 6) is 1.62. The molecule has 1 aromatic carbocycles. The van der Waals surface area contributed by atoms with Crippen LogP contribution in [0.5, 0.6) is 5.75 Å². The first-order valence-corrected chi connectivity index (χ1v) is 8.27. The molecule has 0 aromatic heterocycles. The Morgan fingerprint density at radius 3 is 3.05 bits per heavy atom. The lowest BCUT2D eigenvalue weighted by molar-refractivity contribution is 0.0979. The fraction of sp³-hybridized carbons (Fsp3) is 0.667. The molecule has 1 aliphatic rings. The van der Waals surface area contributed by atoms with Crippen LogP contribution in [-0.4, -0.2) is 32.9 Å². The Balaban J connectivity index is 1.87. The smallest absolute Gasteiger partial charge is 0.119 e. The Kier molecular flexibility index (Phi) is 7.04. The zero-order valence-electron chi connectivity index (χ0n) is 13.4. The summed E-state index contributed by atoms with van der Waals surface area (Å²) in [6.07, 6.45) is 6.51. The van der Waals surface area contributed by atoms with Crippen LogP contribution in [0.2, 0.25) is 0 Å². The van der Waals surface area contributed by atoms with Gasteiger partial charge in [0.1, 0.15) is 5.75 Å². The first kappa shape index (κ1) is 16.3. The second kappa shape index (κ2) is 9.06. The number of ether oxygens (including phenoxy) is 2. The minimum absolute atomic E-state index is 0.499. The molecular weight excluding hydrogens is 262 g/mol.